The number of aliphatic imine (C=N–C) groups is 1. The third-order valence-electron chi connectivity index (χ3n) is 3.55. The summed E-state index contributed by atoms with van der Waals surface area (Å²) >= 11 is 0. The molecular weight excluding hydrogens is 246 g/mol. The van der Waals surface area contributed by atoms with Crippen molar-refractivity contribution in [3.05, 3.63) is 71.8 Å². The summed E-state index contributed by atoms with van der Waals surface area (Å²) in [6.45, 7) is 2.82. The predicted molar refractivity (Wildman–Crippen MR) is 82.6 cm³/mol. The first-order chi connectivity index (χ1) is 9.88. The van der Waals surface area contributed by atoms with Crippen molar-refractivity contribution >= 4 is 5.96 Å². The van der Waals surface area contributed by atoms with Crippen LogP contribution < -0.4 is 10.6 Å². The summed E-state index contributed by atoms with van der Waals surface area (Å²) in [7, 11) is 0. The molecule has 2 N–H and O–H groups in total. The summed E-state index contributed by atoms with van der Waals surface area (Å²) < 4.78 is 0. The lowest BCUT2D eigenvalue weighted by atomic mass is 9.95. The van der Waals surface area contributed by atoms with Gasteiger partial charge in [-0.2, -0.15) is 0 Å². The molecule has 0 unspecified atom stereocenters. The van der Waals surface area contributed by atoms with Crippen LogP contribution in [0.5, 0.6) is 0 Å². The summed E-state index contributed by atoms with van der Waals surface area (Å²) in [5.41, 5.74) is 2.55. The van der Waals surface area contributed by atoms with Gasteiger partial charge in [-0.25, -0.2) is 0 Å². The molecule has 0 spiro atoms. The van der Waals surface area contributed by atoms with E-state index < -0.39 is 0 Å². The third kappa shape index (κ3) is 2.52. The van der Waals surface area contributed by atoms with E-state index in [2.05, 4.69) is 64.2 Å². The van der Waals surface area contributed by atoms with Gasteiger partial charge in [0.15, 0.2) is 5.96 Å². The molecule has 0 aliphatic carbocycles. The molecule has 1 aliphatic heterocycles. The Kier molecular flexibility index (Phi) is 3.68. The number of benzene rings is 2. The summed E-state index contributed by atoms with van der Waals surface area (Å²) in [6.07, 6.45) is 0. The highest BCUT2D eigenvalue weighted by molar-refractivity contribution is 5.83. The molecule has 20 heavy (non-hydrogen) atoms. The van der Waals surface area contributed by atoms with Gasteiger partial charge in [0.25, 0.3) is 0 Å². The van der Waals surface area contributed by atoms with Crippen LogP contribution in [-0.2, 0) is 0 Å². The van der Waals surface area contributed by atoms with Crippen LogP contribution in [0.1, 0.15) is 30.1 Å². The summed E-state index contributed by atoms with van der Waals surface area (Å²) in [6, 6.07) is 21.5. The van der Waals surface area contributed by atoms with Crippen LogP contribution in [0, 0.1) is 0 Å². The standard InChI is InChI=1S/C17H19N3/c1-2-18-17-19-15(13-9-5-3-6-10-13)16(20-17)14-11-7-4-8-12-14/h3-12,15-16H,2H2,1H3,(H2,18,19,20)/t15-,16-/m0/s1. The normalized spacial score (nSPS) is 21.1. The number of guanidine groups is 1. The van der Waals surface area contributed by atoms with E-state index in [4.69, 9.17) is 0 Å². The van der Waals surface area contributed by atoms with Crippen molar-refractivity contribution in [3.8, 4) is 0 Å². The Morgan fingerprint density at radius 2 is 1.25 bits per heavy atom. The second-order valence-electron chi connectivity index (χ2n) is 4.89. The van der Waals surface area contributed by atoms with Gasteiger partial charge in [0.1, 0.15) is 0 Å². The van der Waals surface area contributed by atoms with Gasteiger partial charge in [-0.1, -0.05) is 60.7 Å². The highest BCUT2D eigenvalue weighted by atomic mass is 15.3. The van der Waals surface area contributed by atoms with Gasteiger partial charge in [0.05, 0.1) is 12.1 Å². The SMILES string of the molecule is CCN=C1N[C@@H](c2ccccc2)[C@H](c2ccccc2)N1. The molecule has 0 saturated carbocycles. The number of nitrogens with one attached hydrogen (secondary N) is 2. The van der Waals surface area contributed by atoms with E-state index in [1.165, 1.54) is 11.1 Å². The molecule has 3 rings (SSSR count). The summed E-state index contributed by atoms with van der Waals surface area (Å²) in [5.74, 6) is 0.884. The first-order valence-corrected chi connectivity index (χ1v) is 7.06. The Balaban J connectivity index is 1.95. The van der Waals surface area contributed by atoms with Gasteiger partial charge in [-0.3, -0.25) is 4.99 Å². The monoisotopic (exact) mass is 265 g/mol. The van der Waals surface area contributed by atoms with Gasteiger partial charge < -0.3 is 10.6 Å². The van der Waals surface area contributed by atoms with E-state index in [9.17, 15) is 0 Å². The van der Waals surface area contributed by atoms with Gasteiger partial charge in [0.2, 0.25) is 0 Å². The van der Waals surface area contributed by atoms with Crippen LogP contribution >= 0.6 is 0 Å². The molecule has 1 heterocycles. The highest BCUT2D eigenvalue weighted by Crippen LogP contribution is 2.32. The van der Waals surface area contributed by atoms with E-state index in [1.54, 1.807) is 0 Å². The summed E-state index contributed by atoms with van der Waals surface area (Å²) in [4.78, 5) is 4.47. The van der Waals surface area contributed by atoms with Crippen LogP contribution in [0.15, 0.2) is 65.7 Å². The van der Waals surface area contributed by atoms with Crippen molar-refractivity contribution in [2.45, 2.75) is 19.0 Å². The zero-order valence-corrected chi connectivity index (χ0v) is 11.6. The third-order valence-corrected chi connectivity index (χ3v) is 3.55. The van der Waals surface area contributed by atoms with Crippen molar-refractivity contribution in [2.75, 3.05) is 6.54 Å². The van der Waals surface area contributed by atoms with Crippen LogP contribution in [0.3, 0.4) is 0 Å². The average molecular weight is 265 g/mol. The lowest BCUT2D eigenvalue weighted by Crippen LogP contribution is -2.25. The Morgan fingerprint density at radius 3 is 1.65 bits per heavy atom. The Labute approximate surface area is 119 Å². The molecule has 0 amide bonds. The fourth-order valence-corrected chi connectivity index (χ4v) is 2.62. The second kappa shape index (κ2) is 5.78. The van der Waals surface area contributed by atoms with Crippen LogP contribution in [0.25, 0.3) is 0 Å². The van der Waals surface area contributed by atoms with Crippen LogP contribution in [0.4, 0.5) is 0 Å². The minimum atomic E-state index is 0.212. The molecule has 102 valence electrons. The Morgan fingerprint density at radius 1 is 0.800 bits per heavy atom. The van der Waals surface area contributed by atoms with Crippen molar-refractivity contribution in [2.24, 2.45) is 4.99 Å². The molecule has 0 radical (unpaired) electrons. The van der Waals surface area contributed by atoms with Crippen LogP contribution in [-0.4, -0.2) is 12.5 Å². The lowest BCUT2D eigenvalue weighted by Gasteiger charge is -2.19. The lowest BCUT2D eigenvalue weighted by molar-refractivity contribution is 0.554. The minimum absolute atomic E-state index is 0.212. The topological polar surface area (TPSA) is 36.4 Å². The van der Waals surface area contributed by atoms with E-state index in [0.717, 1.165) is 12.5 Å². The zero-order valence-electron chi connectivity index (χ0n) is 11.6. The predicted octanol–water partition coefficient (Wildman–Crippen LogP) is 3.04. The average Bonchev–Trinajstić information content (AvgIpc) is 2.93. The first kappa shape index (κ1) is 12.7. The maximum atomic E-state index is 4.47. The fourth-order valence-electron chi connectivity index (χ4n) is 2.62. The van der Waals surface area contributed by atoms with E-state index in [1.807, 2.05) is 19.1 Å². The maximum absolute atomic E-state index is 4.47. The molecule has 0 bridgehead atoms. The Bertz CT molecular complexity index is 528. The number of hydrogen-bond donors (Lipinski definition) is 2. The van der Waals surface area contributed by atoms with Crippen molar-refractivity contribution in [1.29, 1.82) is 0 Å². The second-order valence-corrected chi connectivity index (χ2v) is 4.89. The fraction of sp³-hybridized carbons (Fsp3) is 0.235. The Hall–Kier alpha value is -2.29. The molecule has 3 heteroatoms. The molecule has 2 aromatic rings. The number of rotatable bonds is 3. The quantitative estimate of drug-likeness (QED) is 0.895. The maximum Gasteiger partial charge on any atom is 0.192 e. The van der Waals surface area contributed by atoms with Crippen LogP contribution in [0.2, 0.25) is 0 Å². The summed E-state index contributed by atoms with van der Waals surface area (Å²) in [5, 5.41) is 6.99. The minimum Gasteiger partial charge on any atom is -0.347 e. The molecule has 0 aromatic heterocycles. The van der Waals surface area contributed by atoms with Gasteiger partial charge in [-0.05, 0) is 18.1 Å². The molecular formula is C17H19N3. The van der Waals surface area contributed by atoms with E-state index in [-0.39, 0.29) is 12.1 Å². The van der Waals surface area contributed by atoms with Crippen molar-refractivity contribution < 1.29 is 0 Å². The molecule has 3 nitrogen and oxygen atoms in total. The first-order valence-electron chi connectivity index (χ1n) is 7.06. The molecule has 2 aromatic carbocycles. The van der Waals surface area contributed by atoms with Gasteiger partial charge in [0, 0.05) is 6.54 Å². The number of hydrogen-bond acceptors (Lipinski definition) is 1. The largest absolute Gasteiger partial charge is 0.347 e. The zero-order chi connectivity index (χ0) is 13.8. The van der Waals surface area contributed by atoms with Gasteiger partial charge >= 0.3 is 0 Å². The highest BCUT2D eigenvalue weighted by Gasteiger charge is 2.32. The molecule has 2 atom stereocenters. The smallest absolute Gasteiger partial charge is 0.192 e. The number of nitrogens with zero attached hydrogens (tertiary/aromatic N) is 1. The molecule has 1 saturated heterocycles. The van der Waals surface area contributed by atoms with Crippen molar-refractivity contribution in [3.63, 3.8) is 0 Å². The molecule has 1 fully saturated rings. The van der Waals surface area contributed by atoms with E-state index >= 15 is 0 Å². The van der Waals surface area contributed by atoms with E-state index in [0.29, 0.717) is 0 Å². The van der Waals surface area contributed by atoms with Crippen molar-refractivity contribution in [1.82, 2.24) is 10.6 Å². The van der Waals surface area contributed by atoms with Gasteiger partial charge in [-0.15, -0.1) is 0 Å². The molecule has 1 aliphatic rings.